The minimum atomic E-state index is -0.589. The minimum Gasteiger partial charge on any atom is -0.450 e. The Bertz CT molecular complexity index is 792. The van der Waals surface area contributed by atoms with E-state index >= 15 is 0 Å². The number of carbonyl (C=O) groups excluding carboxylic acids is 1. The summed E-state index contributed by atoms with van der Waals surface area (Å²) in [6.07, 6.45) is 1.35. The van der Waals surface area contributed by atoms with Crippen LogP contribution in [0.3, 0.4) is 0 Å². The summed E-state index contributed by atoms with van der Waals surface area (Å²) >= 11 is 17.1. The Morgan fingerprint density at radius 3 is 2.68 bits per heavy atom. The molecule has 0 aliphatic carbocycles. The molecule has 0 atom stereocenters. The van der Waals surface area contributed by atoms with Gasteiger partial charge in [0, 0.05) is 33.7 Å². The number of nitrogens with zero attached hydrogens (tertiary/aromatic N) is 1. The molecule has 0 spiro atoms. The highest BCUT2D eigenvalue weighted by molar-refractivity contribution is 14.1. The molecule has 0 radical (unpaired) electrons. The largest absolute Gasteiger partial charge is 0.450 e. The minimum absolute atomic E-state index is 0.108. The number of hydrogen-bond acceptors (Lipinski definition) is 3. The van der Waals surface area contributed by atoms with Gasteiger partial charge in [-0.15, -0.1) is 0 Å². The van der Waals surface area contributed by atoms with Crippen LogP contribution < -0.4 is 5.32 Å². The first kappa shape index (κ1) is 17.3. The van der Waals surface area contributed by atoms with Crippen LogP contribution in [0.1, 0.15) is 5.76 Å². The molecule has 22 heavy (non-hydrogen) atoms. The van der Waals surface area contributed by atoms with Gasteiger partial charge in [0.1, 0.15) is 17.4 Å². The van der Waals surface area contributed by atoms with E-state index in [2.05, 4.69) is 21.2 Å². The van der Waals surface area contributed by atoms with Crippen molar-refractivity contribution < 1.29 is 9.21 Å². The molecule has 1 N–H and O–H groups in total. The topological polar surface area (TPSA) is 66.0 Å². The van der Waals surface area contributed by atoms with Gasteiger partial charge in [-0.1, -0.05) is 23.2 Å². The van der Waals surface area contributed by atoms with E-state index < -0.39 is 5.91 Å². The third-order valence-electron chi connectivity index (χ3n) is 2.50. The Kier molecular flexibility index (Phi) is 5.92. The van der Waals surface area contributed by atoms with Crippen molar-refractivity contribution in [1.82, 2.24) is 0 Å². The van der Waals surface area contributed by atoms with Gasteiger partial charge in [0.05, 0.1) is 15.2 Å². The number of rotatable bonds is 3. The van der Waals surface area contributed by atoms with E-state index in [0.717, 1.165) is 4.47 Å². The molecule has 0 fully saturated rings. The van der Waals surface area contributed by atoms with Crippen LogP contribution in [0.25, 0.3) is 6.08 Å². The quantitative estimate of drug-likeness (QED) is 0.336. The highest BCUT2D eigenvalue weighted by Crippen LogP contribution is 2.27. The predicted molar refractivity (Wildman–Crippen MR) is 97.8 cm³/mol. The Balaban J connectivity index is 2.24. The first-order valence-electron chi connectivity index (χ1n) is 5.73. The van der Waals surface area contributed by atoms with Gasteiger partial charge in [-0.05, 0) is 40.2 Å². The molecule has 0 bridgehead atoms. The lowest BCUT2D eigenvalue weighted by Crippen LogP contribution is -2.13. The van der Waals surface area contributed by atoms with E-state index in [-0.39, 0.29) is 10.6 Å². The third-order valence-corrected chi connectivity index (χ3v) is 5.17. The molecule has 0 aliphatic heterocycles. The first-order chi connectivity index (χ1) is 10.4. The van der Waals surface area contributed by atoms with Crippen LogP contribution >= 0.6 is 61.7 Å². The van der Waals surface area contributed by atoms with Crippen LogP contribution in [0.4, 0.5) is 5.69 Å². The Labute approximate surface area is 158 Å². The molecular weight excluding hydrogens is 506 g/mol. The fourth-order valence-electron chi connectivity index (χ4n) is 1.51. The van der Waals surface area contributed by atoms with Crippen LogP contribution in [0.15, 0.2) is 38.7 Å². The van der Waals surface area contributed by atoms with Crippen molar-refractivity contribution in [2.24, 2.45) is 0 Å². The lowest BCUT2D eigenvalue weighted by Gasteiger charge is -2.06. The van der Waals surface area contributed by atoms with Crippen molar-refractivity contribution in [1.29, 1.82) is 5.26 Å². The van der Waals surface area contributed by atoms with E-state index in [1.165, 1.54) is 12.1 Å². The van der Waals surface area contributed by atoms with Gasteiger partial charge >= 0.3 is 0 Å². The second-order valence-electron chi connectivity index (χ2n) is 4.02. The van der Waals surface area contributed by atoms with Gasteiger partial charge in [0.15, 0.2) is 3.77 Å². The normalized spacial score (nSPS) is 11.1. The van der Waals surface area contributed by atoms with E-state index in [4.69, 9.17) is 32.9 Å². The number of benzene rings is 1. The summed E-state index contributed by atoms with van der Waals surface area (Å²) in [6, 6.07) is 8.15. The van der Waals surface area contributed by atoms with Gasteiger partial charge < -0.3 is 9.73 Å². The molecule has 1 aromatic carbocycles. The maximum Gasteiger partial charge on any atom is 0.266 e. The zero-order valence-electron chi connectivity index (χ0n) is 10.7. The molecule has 1 aromatic heterocycles. The van der Waals surface area contributed by atoms with Crippen LogP contribution in [-0.4, -0.2) is 5.91 Å². The predicted octanol–water partition coefficient (Wildman–Crippen LogP) is 5.50. The number of nitrogens with one attached hydrogen (secondary N) is 1. The number of amides is 1. The number of hydrogen-bond donors (Lipinski definition) is 1. The lowest BCUT2D eigenvalue weighted by molar-refractivity contribution is -0.112. The molecular formula is C14H6BrCl2IN2O2. The van der Waals surface area contributed by atoms with Crippen molar-refractivity contribution in [2.45, 2.75) is 0 Å². The van der Waals surface area contributed by atoms with Gasteiger partial charge in [-0.3, -0.25) is 4.79 Å². The van der Waals surface area contributed by atoms with E-state index in [1.807, 2.05) is 28.7 Å². The van der Waals surface area contributed by atoms with Gasteiger partial charge in [0.2, 0.25) is 0 Å². The third kappa shape index (κ3) is 4.26. The smallest absolute Gasteiger partial charge is 0.266 e. The number of halogens is 4. The summed E-state index contributed by atoms with van der Waals surface area (Å²) in [4.78, 5) is 12.1. The van der Waals surface area contributed by atoms with E-state index in [1.54, 1.807) is 18.2 Å². The second-order valence-corrected chi connectivity index (χ2v) is 6.70. The van der Waals surface area contributed by atoms with Crippen LogP contribution in [0.5, 0.6) is 0 Å². The summed E-state index contributed by atoms with van der Waals surface area (Å²) in [5.74, 6) is -0.195. The molecule has 2 aromatic rings. The fourth-order valence-corrected chi connectivity index (χ4v) is 2.68. The molecule has 1 heterocycles. The number of anilines is 1. The second kappa shape index (κ2) is 7.51. The molecule has 0 unspecified atom stereocenters. The summed E-state index contributed by atoms with van der Waals surface area (Å²) in [5.41, 5.74) is 0.260. The summed E-state index contributed by atoms with van der Waals surface area (Å²) < 4.78 is 6.75. The highest BCUT2D eigenvalue weighted by atomic mass is 127. The van der Waals surface area contributed by atoms with Crippen LogP contribution in [0.2, 0.25) is 10.0 Å². The van der Waals surface area contributed by atoms with Crippen molar-refractivity contribution in [3.63, 3.8) is 0 Å². The molecule has 1 amide bonds. The van der Waals surface area contributed by atoms with Crippen molar-refractivity contribution >= 4 is 79.4 Å². The molecule has 8 heteroatoms. The van der Waals surface area contributed by atoms with Gasteiger partial charge in [0.25, 0.3) is 5.91 Å². The number of nitriles is 1. The zero-order valence-corrected chi connectivity index (χ0v) is 15.9. The van der Waals surface area contributed by atoms with Crippen molar-refractivity contribution in [3.05, 3.63) is 53.9 Å². The van der Waals surface area contributed by atoms with Gasteiger partial charge in [-0.2, -0.15) is 5.26 Å². The maximum absolute atomic E-state index is 12.1. The molecule has 112 valence electrons. The fraction of sp³-hybridized carbons (Fsp3) is 0. The average Bonchev–Trinajstić information content (AvgIpc) is 2.77. The standard InChI is InChI=1S/C14H6BrCl2IN2O2/c15-10-5-9(22-13(10)18)3-7(6-19)14(21)20-12-2-1-8(16)4-11(12)17/h1-5H,(H,20,21)/b7-3-. The van der Waals surface area contributed by atoms with E-state index in [0.29, 0.717) is 20.2 Å². The number of furan rings is 1. The van der Waals surface area contributed by atoms with Crippen LogP contribution in [-0.2, 0) is 4.79 Å². The highest BCUT2D eigenvalue weighted by Gasteiger charge is 2.13. The summed E-state index contributed by atoms with van der Waals surface area (Å²) in [7, 11) is 0. The SMILES string of the molecule is N#C/C(=C/c1cc(Br)c(I)o1)C(=O)Nc1ccc(Cl)cc1Cl. The summed E-state index contributed by atoms with van der Waals surface area (Å²) in [6.45, 7) is 0. The van der Waals surface area contributed by atoms with Gasteiger partial charge in [-0.25, -0.2) is 0 Å². The van der Waals surface area contributed by atoms with E-state index in [9.17, 15) is 4.79 Å². The first-order valence-corrected chi connectivity index (χ1v) is 8.36. The number of carbonyl (C=O) groups is 1. The Hall–Kier alpha value is -1.01. The Morgan fingerprint density at radius 2 is 2.14 bits per heavy atom. The van der Waals surface area contributed by atoms with Crippen molar-refractivity contribution in [3.8, 4) is 6.07 Å². The average molecular weight is 512 g/mol. The monoisotopic (exact) mass is 510 g/mol. The molecule has 0 saturated carbocycles. The molecule has 0 saturated heterocycles. The Morgan fingerprint density at radius 1 is 1.41 bits per heavy atom. The molecule has 4 nitrogen and oxygen atoms in total. The van der Waals surface area contributed by atoms with Crippen LogP contribution in [0, 0.1) is 15.1 Å². The zero-order chi connectivity index (χ0) is 16.3. The lowest BCUT2D eigenvalue weighted by atomic mass is 10.2. The maximum atomic E-state index is 12.1. The molecule has 2 rings (SSSR count). The molecule has 0 aliphatic rings. The van der Waals surface area contributed by atoms with Crippen molar-refractivity contribution in [2.75, 3.05) is 5.32 Å². The summed E-state index contributed by atoms with van der Waals surface area (Å²) in [5, 5.41) is 12.4.